The number of carbonyl (C=O) groups excluding carboxylic acids is 1. The maximum Gasteiger partial charge on any atom is 0.256 e. The van der Waals surface area contributed by atoms with Crippen LogP contribution in [0.4, 0.5) is 4.39 Å². The summed E-state index contributed by atoms with van der Waals surface area (Å²) in [6.45, 7) is 4.55. The Balaban J connectivity index is 1.83. The Labute approximate surface area is 139 Å². The highest BCUT2D eigenvalue weighted by molar-refractivity contribution is 5.94. The molecular formula is C18H20FN3O2. The summed E-state index contributed by atoms with van der Waals surface area (Å²) >= 11 is 0. The van der Waals surface area contributed by atoms with Crippen molar-refractivity contribution in [3.05, 3.63) is 63.1 Å². The SMILES string of the molecule is Cc1nc(C2CCCN(C(=O)c3ccccc3F)C2)[nH]c(=O)c1C. The number of benzene rings is 1. The molecule has 5 nitrogen and oxygen atoms in total. The van der Waals surface area contributed by atoms with Crippen LogP contribution in [0.15, 0.2) is 29.1 Å². The molecule has 1 aliphatic heterocycles. The molecule has 2 aromatic rings. The molecule has 0 bridgehead atoms. The van der Waals surface area contributed by atoms with Gasteiger partial charge in [0, 0.05) is 30.3 Å². The van der Waals surface area contributed by atoms with E-state index in [-0.39, 0.29) is 22.9 Å². The van der Waals surface area contributed by atoms with Crippen molar-refractivity contribution in [2.75, 3.05) is 13.1 Å². The molecule has 126 valence electrons. The number of halogens is 1. The molecule has 1 unspecified atom stereocenters. The molecule has 0 spiro atoms. The van der Waals surface area contributed by atoms with E-state index in [0.717, 1.165) is 12.8 Å². The third-order valence-corrected chi connectivity index (χ3v) is 4.61. The van der Waals surface area contributed by atoms with Gasteiger partial charge in [0.1, 0.15) is 11.6 Å². The van der Waals surface area contributed by atoms with Crippen LogP contribution >= 0.6 is 0 Å². The topological polar surface area (TPSA) is 66.1 Å². The molecule has 1 N–H and O–H groups in total. The van der Waals surface area contributed by atoms with Gasteiger partial charge in [-0.1, -0.05) is 12.1 Å². The number of aryl methyl sites for hydroxylation is 1. The van der Waals surface area contributed by atoms with Gasteiger partial charge in [-0.3, -0.25) is 9.59 Å². The quantitative estimate of drug-likeness (QED) is 0.921. The molecule has 1 aromatic heterocycles. The minimum absolute atomic E-state index is 0.0403. The normalized spacial score (nSPS) is 17.8. The Morgan fingerprint density at radius 1 is 1.33 bits per heavy atom. The average Bonchev–Trinajstić information content (AvgIpc) is 2.59. The molecule has 3 rings (SSSR count). The summed E-state index contributed by atoms with van der Waals surface area (Å²) in [6.07, 6.45) is 1.63. The number of hydrogen-bond acceptors (Lipinski definition) is 3. The standard InChI is InChI=1S/C18H20FN3O2/c1-11-12(2)20-16(21-17(11)23)13-6-5-9-22(10-13)18(24)14-7-3-4-8-15(14)19/h3-4,7-8,13H,5-6,9-10H2,1-2H3,(H,20,21,23). The maximum absolute atomic E-state index is 13.9. The van der Waals surface area contributed by atoms with Gasteiger partial charge < -0.3 is 9.88 Å². The molecule has 1 aliphatic rings. The third-order valence-electron chi connectivity index (χ3n) is 4.61. The number of rotatable bonds is 2. The van der Waals surface area contributed by atoms with Gasteiger partial charge in [0.25, 0.3) is 11.5 Å². The van der Waals surface area contributed by atoms with Gasteiger partial charge in [-0.15, -0.1) is 0 Å². The molecule has 1 fully saturated rings. The second-order valence-electron chi connectivity index (χ2n) is 6.23. The highest BCUT2D eigenvalue weighted by Gasteiger charge is 2.28. The van der Waals surface area contributed by atoms with E-state index < -0.39 is 5.82 Å². The minimum atomic E-state index is -0.512. The second-order valence-corrected chi connectivity index (χ2v) is 6.23. The van der Waals surface area contributed by atoms with E-state index in [4.69, 9.17) is 0 Å². The fourth-order valence-electron chi connectivity index (χ4n) is 3.05. The molecule has 24 heavy (non-hydrogen) atoms. The highest BCUT2D eigenvalue weighted by atomic mass is 19.1. The number of H-pyrrole nitrogens is 1. The van der Waals surface area contributed by atoms with Crippen molar-refractivity contribution in [3.63, 3.8) is 0 Å². The van der Waals surface area contributed by atoms with Gasteiger partial charge in [-0.05, 0) is 38.8 Å². The predicted octanol–water partition coefficient (Wildman–Crippen LogP) is 2.55. The largest absolute Gasteiger partial charge is 0.338 e. The lowest BCUT2D eigenvalue weighted by Crippen LogP contribution is -2.40. The Morgan fingerprint density at radius 2 is 2.08 bits per heavy atom. The summed E-state index contributed by atoms with van der Waals surface area (Å²) in [4.78, 5) is 33.5. The van der Waals surface area contributed by atoms with Crippen LogP contribution in [0.2, 0.25) is 0 Å². The Kier molecular flexibility index (Phi) is 4.46. The first kappa shape index (κ1) is 16.4. The molecular weight excluding hydrogens is 309 g/mol. The second kappa shape index (κ2) is 6.55. The number of amides is 1. The van der Waals surface area contributed by atoms with Crippen LogP contribution in [0.25, 0.3) is 0 Å². The van der Waals surface area contributed by atoms with Gasteiger partial charge in [-0.25, -0.2) is 9.37 Å². The number of aromatic amines is 1. The number of hydrogen-bond donors (Lipinski definition) is 1. The van der Waals surface area contributed by atoms with Crippen molar-refractivity contribution < 1.29 is 9.18 Å². The number of nitrogens with zero attached hydrogens (tertiary/aromatic N) is 2. The Bertz CT molecular complexity index is 831. The van der Waals surface area contributed by atoms with Gasteiger partial charge >= 0.3 is 0 Å². The summed E-state index contributed by atoms with van der Waals surface area (Å²) in [5.41, 5.74) is 1.25. The minimum Gasteiger partial charge on any atom is -0.338 e. The van der Waals surface area contributed by atoms with Crippen molar-refractivity contribution >= 4 is 5.91 Å². The smallest absolute Gasteiger partial charge is 0.256 e. The van der Waals surface area contributed by atoms with Gasteiger partial charge in [0.2, 0.25) is 0 Å². The van der Waals surface area contributed by atoms with E-state index in [1.165, 1.54) is 12.1 Å². The van der Waals surface area contributed by atoms with E-state index in [1.807, 2.05) is 0 Å². The van der Waals surface area contributed by atoms with Crippen molar-refractivity contribution in [2.24, 2.45) is 0 Å². The lowest BCUT2D eigenvalue weighted by Gasteiger charge is -2.32. The molecule has 0 aliphatic carbocycles. The molecule has 0 saturated carbocycles. The maximum atomic E-state index is 13.9. The lowest BCUT2D eigenvalue weighted by atomic mass is 9.96. The zero-order valence-corrected chi connectivity index (χ0v) is 13.8. The molecule has 1 aromatic carbocycles. The first-order valence-corrected chi connectivity index (χ1v) is 8.08. The summed E-state index contributed by atoms with van der Waals surface area (Å²) < 4.78 is 13.9. The first-order valence-electron chi connectivity index (χ1n) is 8.08. The molecule has 6 heteroatoms. The Hall–Kier alpha value is -2.50. The predicted molar refractivity (Wildman–Crippen MR) is 88.6 cm³/mol. The van der Waals surface area contributed by atoms with Crippen molar-refractivity contribution in [2.45, 2.75) is 32.6 Å². The molecule has 1 amide bonds. The zero-order valence-electron chi connectivity index (χ0n) is 13.8. The van der Waals surface area contributed by atoms with Crippen LogP contribution < -0.4 is 5.56 Å². The summed E-state index contributed by atoms with van der Waals surface area (Å²) in [5, 5.41) is 0. The molecule has 1 atom stereocenters. The number of nitrogens with one attached hydrogen (secondary N) is 1. The molecule has 2 heterocycles. The van der Waals surface area contributed by atoms with Crippen LogP contribution in [0.3, 0.4) is 0 Å². The molecule has 1 saturated heterocycles. The fraction of sp³-hybridized carbons (Fsp3) is 0.389. The van der Waals surface area contributed by atoms with E-state index in [9.17, 15) is 14.0 Å². The third kappa shape index (κ3) is 3.09. The van der Waals surface area contributed by atoms with E-state index in [1.54, 1.807) is 30.9 Å². The van der Waals surface area contributed by atoms with Crippen molar-refractivity contribution in [3.8, 4) is 0 Å². The van der Waals surface area contributed by atoms with Crippen LogP contribution in [0.5, 0.6) is 0 Å². The monoisotopic (exact) mass is 329 g/mol. The average molecular weight is 329 g/mol. The lowest BCUT2D eigenvalue weighted by molar-refractivity contribution is 0.0699. The van der Waals surface area contributed by atoms with E-state index in [2.05, 4.69) is 9.97 Å². The first-order chi connectivity index (χ1) is 11.5. The number of piperidine rings is 1. The van der Waals surface area contributed by atoms with Crippen LogP contribution in [-0.2, 0) is 0 Å². The number of carbonyl (C=O) groups is 1. The number of likely N-dealkylation sites (tertiary alicyclic amines) is 1. The highest BCUT2D eigenvalue weighted by Crippen LogP contribution is 2.25. The van der Waals surface area contributed by atoms with Gasteiger partial charge in [0.05, 0.1) is 5.56 Å². The fourth-order valence-corrected chi connectivity index (χ4v) is 3.05. The van der Waals surface area contributed by atoms with E-state index >= 15 is 0 Å². The van der Waals surface area contributed by atoms with Crippen molar-refractivity contribution in [1.82, 2.24) is 14.9 Å². The Morgan fingerprint density at radius 3 is 2.79 bits per heavy atom. The van der Waals surface area contributed by atoms with Crippen LogP contribution in [0, 0.1) is 19.7 Å². The molecule has 0 radical (unpaired) electrons. The van der Waals surface area contributed by atoms with Gasteiger partial charge in [0.15, 0.2) is 0 Å². The van der Waals surface area contributed by atoms with Crippen molar-refractivity contribution in [1.29, 1.82) is 0 Å². The van der Waals surface area contributed by atoms with E-state index in [0.29, 0.717) is 30.2 Å². The summed E-state index contributed by atoms with van der Waals surface area (Å²) in [6, 6.07) is 6.00. The summed E-state index contributed by atoms with van der Waals surface area (Å²) in [7, 11) is 0. The van der Waals surface area contributed by atoms with Gasteiger partial charge in [-0.2, -0.15) is 0 Å². The van der Waals surface area contributed by atoms with Crippen LogP contribution in [0.1, 0.15) is 46.2 Å². The number of aromatic nitrogens is 2. The van der Waals surface area contributed by atoms with Crippen LogP contribution in [-0.4, -0.2) is 33.9 Å². The summed E-state index contributed by atoms with van der Waals surface area (Å²) in [5.74, 6) is -0.262. The zero-order chi connectivity index (χ0) is 17.3.